The predicted octanol–water partition coefficient (Wildman–Crippen LogP) is 7.25. The Balaban J connectivity index is 1.03. The van der Waals surface area contributed by atoms with E-state index in [4.69, 9.17) is 0 Å². The van der Waals surface area contributed by atoms with Crippen LogP contribution in [0.1, 0.15) is 31.2 Å². The highest BCUT2D eigenvalue weighted by molar-refractivity contribution is 7.89. The second-order valence-corrected chi connectivity index (χ2v) is 19.3. The molecule has 2 saturated heterocycles. The maximum Gasteiger partial charge on any atom is 0.243 e. The fraction of sp³-hybridized carbons (Fsp3) is 0.317. The summed E-state index contributed by atoms with van der Waals surface area (Å²) < 4.78 is 57.2. The van der Waals surface area contributed by atoms with Crippen LogP contribution in [0.2, 0.25) is 0 Å². The Morgan fingerprint density at radius 3 is 2.00 bits per heavy atom. The highest BCUT2D eigenvalue weighted by Crippen LogP contribution is 2.45. The first-order valence-electron chi connectivity index (χ1n) is 18.3. The van der Waals surface area contributed by atoms with E-state index < -0.39 is 20.0 Å². The summed E-state index contributed by atoms with van der Waals surface area (Å²) in [6.07, 6.45) is 4.74. The molecule has 2 aliphatic heterocycles. The van der Waals surface area contributed by atoms with Crippen LogP contribution in [-0.2, 0) is 26.6 Å². The number of benzene rings is 4. The van der Waals surface area contributed by atoms with E-state index >= 15 is 0 Å². The number of para-hydroxylation sites is 1. The van der Waals surface area contributed by atoms with E-state index in [1.807, 2.05) is 60.7 Å². The number of aromatic amines is 2. The van der Waals surface area contributed by atoms with Crippen LogP contribution in [0.15, 0.2) is 101 Å². The fourth-order valence-corrected chi connectivity index (χ4v) is 10.6. The number of hydrogen-bond donors (Lipinski definition) is 2. The maximum atomic E-state index is 14.2. The lowest BCUT2D eigenvalue weighted by molar-refractivity contribution is 0.467. The molecule has 2 aromatic heterocycles. The Kier molecular flexibility index (Phi) is 8.22. The van der Waals surface area contributed by atoms with Crippen molar-refractivity contribution in [1.29, 1.82) is 0 Å². The summed E-state index contributed by atoms with van der Waals surface area (Å²) >= 11 is 0. The molecule has 1 aliphatic carbocycles. The van der Waals surface area contributed by atoms with Crippen molar-refractivity contribution in [2.75, 3.05) is 50.6 Å². The molecule has 4 aromatic carbocycles. The SMILES string of the molecule is CN(C)S(=O)(=O)c1ccc(N2CCC2)c(-c2cc3ccc(CN(C)S(=O)(=O)c4ccc(N5CC6CCC5C6)c(-c5cc6ccccc6[nH]5)c4)cc3[nH]2)c1. The van der Waals surface area contributed by atoms with E-state index in [9.17, 15) is 16.8 Å². The van der Waals surface area contributed by atoms with E-state index in [-0.39, 0.29) is 16.3 Å². The third-order valence-electron chi connectivity index (χ3n) is 11.5. The van der Waals surface area contributed by atoms with Crippen molar-refractivity contribution in [1.82, 2.24) is 18.6 Å². The van der Waals surface area contributed by atoms with Gasteiger partial charge in [-0.1, -0.05) is 30.3 Å². The van der Waals surface area contributed by atoms with Gasteiger partial charge in [-0.3, -0.25) is 0 Å². The van der Waals surface area contributed by atoms with Gasteiger partial charge in [-0.25, -0.2) is 21.1 Å². The molecule has 2 atom stereocenters. The normalized spacial score (nSPS) is 19.0. The van der Waals surface area contributed by atoms with Gasteiger partial charge in [0.05, 0.1) is 9.79 Å². The highest BCUT2D eigenvalue weighted by Gasteiger charge is 2.39. The van der Waals surface area contributed by atoms with Crippen LogP contribution in [0.25, 0.3) is 44.3 Å². The van der Waals surface area contributed by atoms with Gasteiger partial charge in [0.25, 0.3) is 0 Å². The zero-order chi connectivity index (χ0) is 36.6. The molecule has 2 N–H and O–H groups in total. The van der Waals surface area contributed by atoms with Crippen molar-refractivity contribution in [3.05, 3.63) is 96.6 Å². The number of rotatable bonds is 10. The molecule has 12 heteroatoms. The molecule has 4 heterocycles. The van der Waals surface area contributed by atoms with Crippen molar-refractivity contribution >= 4 is 53.2 Å². The smallest absolute Gasteiger partial charge is 0.243 e. The lowest BCUT2D eigenvalue weighted by Crippen LogP contribution is -2.37. The number of aromatic nitrogens is 2. The summed E-state index contributed by atoms with van der Waals surface area (Å²) in [6.45, 7) is 3.03. The molecule has 10 nitrogen and oxygen atoms in total. The highest BCUT2D eigenvalue weighted by atomic mass is 32.2. The molecule has 3 fully saturated rings. The Morgan fingerprint density at radius 2 is 1.36 bits per heavy atom. The number of anilines is 2. The molecule has 9 rings (SSSR count). The molecule has 0 radical (unpaired) electrons. The Morgan fingerprint density at radius 1 is 0.698 bits per heavy atom. The molecule has 0 amide bonds. The van der Waals surface area contributed by atoms with Crippen LogP contribution in [0.4, 0.5) is 11.4 Å². The Hall–Kier alpha value is -4.62. The van der Waals surface area contributed by atoms with Crippen LogP contribution in [0.5, 0.6) is 0 Å². The first-order chi connectivity index (χ1) is 25.5. The van der Waals surface area contributed by atoms with Gasteiger partial charge in [0.2, 0.25) is 20.0 Å². The lowest BCUT2D eigenvalue weighted by atomic mass is 10.0. The topological polar surface area (TPSA) is 113 Å². The van der Waals surface area contributed by atoms with Crippen molar-refractivity contribution in [2.45, 2.75) is 48.1 Å². The third kappa shape index (κ3) is 5.92. The van der Waals surface area contributed by atoms with Gasteiger partial charge >= 0.3 is 0 Å². The second kappa shape index (κ2) is 12.8. The van der Waals surface area contributed by atoms with E-state index in [0.717, 1.165) is 87.3 Å². The summed E-state index contributed by atoms with van der Waals surface area (Å²) in [5, 5.41) is 2.05. The van der Waals surface area contributed by atoms with E-state index in [1.54, 1.807) is 25.2 Å². The van der Waals surface area contributed by atoms with Crippen LogP contribution >= 0.6 is 0 Å². The van der Waals surface area contributed by atoms with Crippen molar-refractivity contribution in [3.8, 4) is 22.5 Å². The zero-order valence-corrected chi connectivity index (χ0v) is 31.8. The second-order valence-electron chi connectivity index (χ2n) is 15.1. The Bertz CT molecular complexity index is 2570. The van der Waals surface area contributed by atoms with Gasteiger partial charge in [-0.15, -0.1) is 0 Å². The lowest BCUT2D eigenvalue weighted by Gasteiger charge is -2.35. The van der Waals surface area contributed by atoms with Crippen LogP contribution in [-0.4, -0.2) is 82.2 Å². The Labute approximate surface area is 311 Å². The zero-order valence-electron chi connectivity index (χ0n) is 30.2. The van der Waals surface area contributed by atoms with Gasteiger partial charge in [0.1, 0.15) is 0 Å². The van der Waals surface area contributed by atoms with Gasteiger partial charge in [-0.05, 0) is 97.8 Å². The molecule has 0 spiro atoms. The molecular formula is C41H44N6O4S2. The summed E-state index contributed by atoms with van der Waals surface area (Å²) in [4.78, 5) is 12.3. The standard InChI is InChI=1S/C41H44N6O4S2/c1-44(2)52(48,49)32-13-15-40(46-17-6-18-46)34(23-32)38-22-30-11-9-28(20-37(30)43-38)25-45(3)53(50,51)33-14-16-41(47-26-27-10-12-31(47)19-27)35(24-33)39-21-29-7-4-5-8-36(29)42-39/h4-5,7-9,11,13-16,20-24,27,31,42-43H,6,10,12,17-19,25-26H2,1-3H3. The number of nitrogens with one attached hydrogen (secondary N) is 2. The number of H-pyrrole nitrogens is 2. The largest absolute Gasteiger partial charge is 0.371 e. The minimum atomic E-state index is -3.85. The van der Waals surface area contributed by atoms with Crippen LogP contribution < -0.4 is 9.80 Å². The first-order valence-corrected chi connectivity index (χ1v) is 21.2. The minimum absolute atomic E-state index is 0.182. The monoisotopic (exact) mass is 748 g/mol. The van der Waals surface area contributed by atoms with Crippen molar-refractivity contribution in [2.24, 2.45) is 5.92 Å². The van der Waals surface area contributed by atoms with Crippen LogP contribution in [0.3, 0.4) is 0 Å². The molecule has 53 heavy (non-hydrogen) atoms. The molecular weight excluding hydrogens is 705 g/mol. The summed E-state index contributed by atoms with van der Waals surface area (Å²) in [7, 11) is -2.77. The average Bonchev–Trinajstić information content (AvgIpc) is 3.94. The van der Waals surface area contributed by atoms with E-state index in [1.165, 1.54) is 42.0 Å². The van der Waals surface area contributed by atoms with Crippen LogP contribution in [0, 0.1) is 5.92 Å². The van der Waals surface area contributed by atoms with E-state index in [0.29, 0.717) is 12.0 Å². The maximum absolute atomic E-state index is 14.2. The number of piperidine rings is 1. The van der Waals surface area contributed by atoms with Gasteiger partial charge < -0.3 is 19.8 Å². The summed E-state index contributed by atoms with van der Waals surface area (Å²) in [5.41, 5.74) is 8.23. The molecule has 3 aliphatic rings. The summed E-state index contributed by atoms with van der Waals surface area (Å²) in [5.74, 6) is 0.699. The van der Waals surface area contributed by atoms with Gasteiger partial charge in [0, 0.05) is 109 Å². The van der Waals surface area contributed by atoms with Crippen molar-refractivity contribution in [3.63, 3.8) is 0 Å². The first kappa shape index (κ1) is 34.2. The molecule has 2 unspecified atom stereocenters. The molecule has 1 saturated carbocycles. The van der Waals surface area contributed by atoms with Gasteiger partial charge in [0.15, 0.2) is 0 Å². The predicted molar refractivity (Wildman–Crippen MR) is 212 cm³/mol. The number of hydrogen-bond acceptors (Lipinski definition) is 6. The van der Waals surface area contributed by atoms with Gasteiger partial charge in [-0.2, -0.15) is 4.31 Å². The third-order valence-corrected chi connectivity index (χ3v) is 15.2. The molecule has 2 bridgehead atoms. The average molecular weight is 749 g/mol. The number of fused-ring (bicyclic) bond motifs is 4. The molecule has 6 aromatic rings. The fourth-order valence-electron chi connectivity index (χ4n) is 8.45. The minimum Gasteiger partial charge on any atom is -0.371 e. The number of sulfonamides is 2. The van der Waals surface area contributed by atoms with E-state index in [2.05, 4.69) is 31.9 Å². The number of nitrogens with zero attached hydrogens (tertiary/aromatic N) is 4. The van der Waals surface area contributed by atoms with Crippen molar-refractivity contribution < 1.29 is 16.8 Å². The quantitative estimate of drug-likeness (QED) is 0.153. The molecule has 274 valence electrons. The summed E-state index contributed by atoms with van der Waals surface area (Å²) in [6, 6.07) is 29.6.